The Bertz CT molecular complexity index is 1200. The summed E-state index contributed by atoms with van der Waals surface area (Å²) in [6.45, 7) is 8.71. The standard InChI is InChI=1S/C27H32BrClN2O6/c1-14(2)23-25(33)31(13-15-9-7-8-10-18(15)29)21(22(32)20(30)26(34)37-27(3,4)5)17-11-16(28)12-19(35-6)24(17)36-23/h7-12,14,20-21,23H,13,30H2,1-6H3. The highest BCUT2D eigenvalue weighted by atomic mass is 79.9. The van der Waals surface area contributed by atoms with Gasteiger partial charge in [-0.3, -0.25) is 9.59 Å². The van der Waals surface area contributed by atoms with Crippen molar-refractivity contribution in [3.8, 4) is 11.5 Å². The molecule has 0 aliphatic carbocycles. The van der Waals surface area contributed by atoms with Gasteiger partial charge in [-0.15, -0.1) is 0 Å². The number of nitrogens with two attached hydrogens (primary N) is 1. The summed E-state index contributed by atoms with van der Waals surface area (Å²) in [5, 5.41) is 0.427. The molecule has 1 amide bonds. The Morgan fingerprint density at radius 2 is 1.86 bits per heavy atom. The van der Waals surface area contributed by atoms with Crippen molar-refractivity contribution >= 4 is 45.2 Å². The normalized spacial score (nSPS) is 18.5. The van der Waals surface area contributed by atoms with E-state index in [1.54, 1.807) is 57.2 Å². The second-order valence-electron chi connectivity index (χ2n) is 10.2. The molecular formula is C27H32BrClN2O6. The minimum absolute atomic E-state index is 0.0171. The number of Topliss-reactive ketones (excluding diaryl/α,β-unsaturated/α-hetero) is 1. The summed E-state index contributed by atoms with van der Waals surface area (Å²) in [4.78, 5) is 42.2. The molecule has 1 aliphatic rings. The molecule has 200 valence electrons. The molecule has 2 aromatic rings. The van der Waals surface area contributed by atoms with Crippen molar-refractivity contribution in [3.05, 3.63) is 57.0 Å². The Balaban J connectivity index is 2.24. The Labute approximate surface area is 230 Å². The third kappa shape index (κ3) is 6.45. The minimum Gasteiger partial charge on any atom is -0.493 e. The molecule has 0 bridgehead atoms. The summed E-state index contributed by atoms with van der Waals surface area (Å²) in [6, 6.07) is 7.44. The number of esters is 1. The first kappa shape index (κ1) is 28.9. The number of hydrogen-bond donors (Lipinski definition) is 1. The van der Waals surface area contributed by atoms with E-state index in [0.717, 1.165) is 0 Å². The molecule has 3 atom stereocenters. The maximum atomic E-state index is 14.0. The van der Waals surface area contributed by atoms with E-state index < -0.39 is 41.4 Å². The van der Waals surface area contributed by atoms with Gasteiger partial charge < -0.3 is 24.8 Å². The molecule has 8 nitrogen and oxygen atoms in total. The molecule has 3 unspecified atom stereocenters. The highest BCUT2D eigenvalue weighted by molar-refractivity contribution is 9.10. The van der Waals surface area contributed by atoms with E-state index in [1.165, 1.54) is 12.0 Å². The Hall–Kier alpha value is -2.62. The Morgan fingerprint density at radius 3 is 2.43 bits per heavy atom. The molecule has 37 heavy (non-hydrogen) atoms. The van der Waals surface area contributed by atoms with Gasteiger partial charge in [0.25, 0.3) is 5.91 Å². The monoisotopic (exact) mass is 594 g/mol. The lowest BCUT2D eigenvalue weighted by atomic mass is 9.94. The molecule has 2 N–H and O–H groups in total. The number of halogens is 2. The highest BCUT2D eigenvalue weighted by Crippen LogP contribution is 2.45. The number of amides is 1. The van der Waals surface area contributed by atoms with Crippen LogP contribution >= 0.6 is 27.5 Å². The largest absolute Gasteiger partial charge is 0.493 e. The van der Waals surface area contributed by atoms with Gasteiger partial charge in [-0.1, -0.05) is 59.6 Å². The summed E-state index contributed by atoms with van der Waals surface area (Å²) in [6.07, 6.45) is -0.938. The van der Waals surface area contributed by atoms with Gasteiger partial charge in [-0.25, -0.2) is 4.79 Å². The number of carbonyl (C=O) groups excluding carboxylic acids is 3. The lowest BCUT2D eigenvalue weighted by Gasteiger charge is -2.33. The number of benzene rings is 2. The summed E-state index contributed by atoms with van der Waals surface area (Å²) >= 11 is 9.89. The van der Waals surface area contributed by atoms with Crippen LogP contribution in [0.25, 0.3) is 0 Å². The molecule has 1 aliphatic heterocycles. The predicted molar refractivity (Wildman–Crippen MR) is 144 cm³/mol. The van der Waals surface area contributed by atoms with Crippen LogP contribution < -0.4 is 15.2 Å². The molecule has 10 heteroatoms. The molecule has 2 aromatic carbocycles. The van der Waals surface area contributed by atoms with Crippen LogP contribution in [0.4, 0.5) is 0 Å². The fourth-order valence-corrected chi connectivity index (χ4v) is 4.71. The lowest BCUT2D eigenvalue weighted by Crippen LogP contribution is -2.51. The molecule has 0 aromatic heterocycles. The number of ketones is 1. The number of hydrogen-bond acceptors (Lipinski definition) is 7. The first-order chi connectivity index (χ1) is 17.2. The number of fused-ring (bicyclic) bond motifs is 1. The Morgan fingerprint density at radius 1 is 1.22 bits per heavy atom. The van der Waals surface area contributed by atoms with Gasteiger partial charge in [-0.05, 0) is 50.5 Å². The zero-order chi connectivity index (χ0) is 27.7. The predicted octanol–water partition coefficient (Wildman–Crippen LogP) is 4.84. The second-order valence-corrected chi connectivity index (χ2v) is 11.5. The van der Waals surface area contributed by atoms with Crippen LogP contribution in [0, 0.1) is 5.92 Å². The topological polar surface area (TPSA) is 108 Å². The van der Waals surface area contributed by atoms with Gasteiger partial charge in [0.2, 0.25) is 0 Å². The van der Waals surface area contributed by atoms with E-state index in [4.69, 9.17) is 31.5 Å². The van der Waals surface area contributed by atoms with E-state index in [1.807, 2.05) is 13.8 Å². The molecule has 0 fully saturated rings. The maximum Gasteiger partial charge on any atom is 0.331 e. The first-order valence-corrected chi connectivity index (χ1v) is 13.0. The zero-order valence-corrected chi connectivity index (χ0v) is 24.1. The molecule has 0 spiro atoms. The number of nitrogens with zero attached hydrogens (tertiary/aromatic N) is 1. The molecule has 0 radical (unpaired) electrons. The van der Waals surface area contributed by atoms with E-state index in [-0.39, 0.29) is 18.2 Å². The average molecular weight is 596 g/mol. The van der Waals surface area contributed by atoms with Crippen LogP contribution in [0.1, 0.15) is 51.8 Å². The van der Waals surface area contributed by atoms with Crippen molar-refractivity contribution in [2.24, 2.45) is 11.7 Å². The van der Waals surface area contributed by atoms with Crippen LogP contribution in [0.2, 0.25) is 5.02 Å². The van der Waals surface area contributed by atoms with E-state index in [0.29, 0.717) is 26.4 Å². The number of carbonyl (C=O) groups is 3. The van der Waals surface area contributed by atoms with Crippen LogP contribution in [0.15, 0.2) is 40.9 Å². The van der Waals surface area contributed by atoms with Gasteiger partial charge in [0.15, 0.2) is 29.4 Å². The molecular weight excluding hydrogens is 564 g/mol. The Kier molecular flexibility index (Phi) is 8.93. The van der Waals surface area contributed by atoms with Crippen molar-refractivity contribution in [2.75, 3.05) is 7.11 Å². The van der Waals surface area contributed by atoms with E-state index >= 15 is 0 Å². The number of methoxy groups -OCH3 is 1. The molecule has 0 saturated carbocycles. The van der Waals surface area contributed by atoms with Gasteiger partial charge in [0.1, 0.15) is 11.6 Å². The molecule has 3 rings (SSSR count). The van der Waals surface area contributed by atoms with Crippen molar-refractivity contribution < 1.29 is 28.6 Å². The second kappa shape index (κ2) is 11.4. The summed E-state index contributed by atoms with van der Waals surface area (Å²) in [5.74, 6) is -1.75. The smallest absolute Gasteiger partial charge is 0.331 e. The van der Waals surface area contributed by atoms with Gasteiger partial charge in [-0.2, -0.15) is 0 Å². The minimum atomic E-state index is -1.65. The highest BCUT2D eigenvalue weighted by Gasteiger charge is 2.46. The molecule has 0 saturated heterocycles. The van der Waals surface area contributed by atoms with Crippen LogP contribution in [-0.4, -0.2) is 47.4 Å². The van der Waals surface area contributed by atoms with Crippen molar-refractivity contribution in [3.63, 3.8) is 0 Å². The maximum absolute atomic E-state index is 14.0. The van der Waals surface area contributed by atoms with Gasteiger partial charge in [0, 0.05) is 21.6 Å². The zero-order valence-electron chi connectivity index (χ0n) is 21.7. The van der Waals surface area contributed by atoms with Gasteiger partial charge in [0.05, 0.1) is 7.11 Å². The van der Waals surface area contributed by atoms with Crippen molar-refractivity contribution in [2.45, 2.75) is 65.0 Å². The summed E-state index contributed by atoms with van der Waals surface area (Å²) in [5.41, 5.74) is 6.26. The summed E-state index contributed by atoms with van der Waals surface area (Å²) < 4.78 is 17.7. The third-order valence-electron chi connectivity index (χ3n) is 5.79. The number of rotatable bonds is 7. The molecule has 1 heterocycles. The SMILES string of the molecule is COc1cc(Br)cc2c1OC(C(C)C)C(=O)N(Cc1ccccc1Cl)C2C(=O)C(N)C(=O)OC(C)(C)C. The fraction of sp³-hybridized carbons (Fsp3) is 0.444. The lowest BCUT2D eigenvalue weighted by molar-refractivity contribution is -0.160. The average Bonchev–Trinajstić information content (AvgIpc) is 2.92. The fourth-order valence-electron chi connectivity index (χ4n) is 4.06. The summed E-state index contributed by atoms with van der Waals surface area (Å²) in [7, 11) is 1.47. The third-order valence-corrected chi connectivity index (χ3v) is 6.61. The van der Waals surface area contributed by atoms with Crippen LogP contribution in [0.3, 0.4) is 0 Å². The van der Waals surface area contributed by atoms with Crippen molar-refractivity contribution in [1.29, 1.82) is 0 Å². The quantitative estimate of drug-likeness (QED) is 0.361. The number of ether oxygens (including phenoxy) is 3. The van der Waals surface area contributed by atoms with Crippen LogP contribution in [-0.2, 0) is 25.7 Å². The van der Waals surface area contributed by atoms with Crippen LogP contribution in [0.5, 0.6) is 11.5 Å². The first-order valence-electron chi connectivity index (χ1n) is 11.8. The van der Waals surface area contributed by atoms with E-state index in [2.05, 4.69) is 15.9 Å². The van der Waals surface area contributed by atoms with E-state index in [9.17, 15) is 14.4 Å². The van der Waals surface area contributed by atoms with Crippen molar-refractivity contribution in [1.82, 2.24) is 4.90 Å². The van der Waals surface area contributed by atoms with Gasteiger partial charge >= 0.3 is 5.97 Å².